The molecule has 1 fully saturated rings. The topological polar surface area (TPSA) is 93.3 Å². The van der Waals surface area contributed by atoms with E-state index in [-0.39, 0.29) is 11.5 Å². The summed E-state index contributed by atoms with van der Waals surface area (Å²) in [5.74, 6) is 0.514. The lowest BCUT2D eigenvalue weighted by atomic mass is 9.82. The third kappa shape index (κ3) is 7.23. The van der Waals surface area contributed by atoms with Gasteiger partial charge in [0, 0.05) is 54.9 Å². The van der Waals surface area contributed by atoms with Crippen molar-refractivity contribution in [3.8, 4) is 0 Å². The van der Waals surface area contributed by atoms with Crippen molar-refractivity contribution in [1.29, 1.82) is 0 Å². The van der Waals surface area contributed by atoms with E-state index in [9.17, 15) is 0 Å². The third-order valence-electron chi connectivity index (χ3n) is 6.82. The van der Waals surface area contributed by atoms with Crippen LogP contribution in [0.4, 0.5) is 0 Å². The van der Waals surface area contributed by atoms with Gasteiger partial charge in [0.2, 0.25) is 0 Å². The summed E-state index contributed by atoms with van der Waals surface area (Å²) in [5, 5.41) is 3.58. The molecule has 0 bridgehead atoms. The van der Waals surface area contributed by atoms with Crippen LogP contribution >= 0.6 is 0 Å². The second-order valence-electron chi connectivity index (χ2n) is 9.07. The summed E-state index contributed by atoms with van der Waals surface area (Å²) < 4.78 is 0. The van der Waals surface area contributed by atoms with E-state index < -0.39 is 0 Å². The van der Waals surface area contributed by atoms with Gasteiger partial charge in [0.15, 0.2) is 0 Å². The van der Waals surface area contributed by atoms with Gasteiger partial charge in [0.25, 0.3) is 0 Å². The minimum Gasteiger partial charge on any atom is -0.388 e. The van der Waals surface area contributed by atoms with Gasteiger partial charge in [0.05, 0.1) is 0 Å². The Labute approximate surface area is 189 Å². The van der Waals surface area contributed by atoms with Crippen LogP contribution < -0.4 is 22.5 Å². The van der Waals surface area contributed by atoms with Gasteiger partial charge in [-0.25, -0.2) is 0 Å². The maximum Gasteiger partial charge on any atom is 0.0397 e. The van der Waals surface area contributed by atoms with Crippen LogP contribution in [0.1, 0.15) is 38.2 Å². The summed E-state index contributed by atoms with van der Waals surface area (Å²) in [5.41, 5.74) is 22.7. The number of piperidine rings is 1. The highest BCUT2D eigenvalue weighted by molar-refractivity contribution is 5.19. The van der Waals surface area contributed by atoms with Crippen molar-refractivity contribution in [2.24, 2.45) is 29.0 Å². The summed E-state index contributed by atoms with van der Waals surface area (Å²) in [4.78, 5) is 2.39. The molecule has 0 saturated carbocycles. The largest absolute Gasteiger partial charge is 0.388 e. The number of rotatable bonds is 13. The van der Waals surface area contributed by atoms with Gasteiger partial charge in [-0.2, -0.15) is 0 Å². The fourth-order valence-electron chi connectivity index (χ4n) is 4.27. The molecular weight excluding hydrogens is 382 g/mol. The second-order valence-corrected chi connectivity index (χ2v) is 9.07. The Hall–Kier alpha value is -2.08. The minimum absolute atomic E-state index is 0.203. The van der Waals surface area contributed by atoms with E-state index in [2.05, 4.69) is 54.2 Å². The normalized spacial score (nSPS) is 17.6. The van der Waals surface area contributed by atoms with Gasteiger partial charge in [-0.05, 0) is 51.1 Å². The highest BCUT2D eigenvalue weighted by Gasteiger charge is 2.32. The molecule has 2 rings (SSSR count). The first kappa shape index (κ1) is 25.2. The molecule has 0 radical (unpaired) electrons. The zero-order chi connectivity index (χ0) is 22.9. The quantitative estimate of drug-likeness (QED) is 0.364. The molecule has 1 aromatic carbocycles. The van der Waals surface area contributed by atoms with Crippen molar-refractivity contribution in [2.45, 2.75) is 44.6 Å². The molecule has 0 amide bonds. The predicted molar refractivity (Wildman–Crippen MR) is 133 cm³/mol. The monoisotopic (exact) mass is 425 g/mol. The molecule has 2 unspecified atom stereocenters. The number of nitrogens with one attached hydrogen (secondary N) is 1. The van der Waals surface area contributed by atoms with Gasteiger partial charge in [0.1, 0.15) is 0 Å². The molecule has 7 N–H and O–H groups in total. The van der Waals surface area contributed by atoms with Crippen LogP contribution in [0.3, 0.4) is 0 Å². The summed E-state index contributed by atoms with van der Waals surface area (Å²) in [6.45, 7) is 18.8. The van der Waals surface area contributed by atoms with Gasteiger partial charge in [-0.3, -0.25) is 0 Å². The van der Waals surface area contributed by atoms with Crippen LogP contribution in [0.5, 0.6) is 0 Å². The summed E-state index contributed by atoms with van der Waals surface area (Å²) in [7, 11) is 0. The van der Waals surface area contributed by atoms with Crippen molar-refractivity contribution >= 4 is 0 Å². The number of hydrogen-bond donors (Lipinski definition) is 4. The number of likely N-dealkylation sites (tertiary alicyclic amines) is 1. The van der Waals surface area contributed by atoms with Crippen LogP contribution in [0, 0.1) is 11.8 Å². The van der Waals surface area contributed by atoms with Crippen molar-refractivity contribution in [1.82, 2.24) is 10.2 Å². The lowest BCUT2D eigenvalue weighted by Crippen LogP contribution is -2.51. The van der Waals surface area contributed by atoms with E-state index in [4.69, 9.17) is 17.2 Å². The third-order valence-corrected chi connectivity index (χ3v) is 6.82. The fraction of sp³-hybridized carbons (Fsp3) is 0.538. The Bertz CT molecular complexity index is 719. The molecule has 31 heavy (non-hydrogen) atoms. The maximum absolute atomic E-state index is 6.52. The van der Waals surface area contributed by atoms with Crippen LogP contribution in [0.2, 0.25) is 0 Å². The second kappa shape index (κ2) is 12.1. The Morgan fingerprint density at radius 3 is 2.29 bits per heavy atom. The molecule has 1 aliphatic rings. The molecule has 0 spiro atoms. The summed E-state index contributed by atoms with van der Waals surface area (Å²) >= 11 is 0. The van der Waals surface area contributed by atoms with Crippen LogP contribution in [-0.4, -0.2) is 43.2 Å². The molecule has 0 aliphatic carbocycles. The molecule has 1 saturated heterocycles. The van der Waals surface area contributed by atoms with Crippen molar-refractivity contribution < 1.29 is 0 Å². The van der Waals surface area contributed by atoms with Crippen molar-refractivity contribution in [3.63, 3.8) is 0 Å². The van der Waals surface area contributed by atoms with E-state index in [1.54, 1.807) is 0 Å². The average Bonchev–Trinajstić information content (AvgIpc) is 2.78. The van der Waals surface area contributed by atoms with E-state index >= 15 is 0 Å². The smallest absolute Gasteiger partial charge is 0.0397 e. The number of benzene rings is 1. The first-order chi connectivity index (χ1) is 14.8. The molecule has 172 valence electrons. The van der Waals surface area contributed by atoms with Crippen LogP contribution in [0.15, 0.2) is 67.0 Å². The van der Waals surface area contributed by atoms with E-state index in [1.807, 2.05) is 13.0 Å². The molecule has 1 heterocycles. The first-order valence-electron chi connectivity index (χ1n) is 11.6. The average molecular weight is 426 g/mol. The molecule has 1 aromatic rings. The minimum atomic E-state index is -0.248. The van der Waals surface area contributed by atoms with Gasteiger partial charge in [-0.15, -0.1) is 0 Å². The predicted octanol–water partition coefficient (Wildman–Crippen LogP) is 3.15. The maximum atomic E-state index is 6.52. The lowest BCUT2D eigenvalue weighted by molar-refractivity contribution is 0.199. The Kier molecular flexibility index (Phi) is 9.82. The van der Waals surface area contributed by atoms with E-state index in [1.165, 1.54) is 11.3 Å². The Morgan fingerprint density at radius 2 is 1.74 bits per heavy atom. The summed E-state index contributed by atoms with van der Waals surface area (Å²) in [6, 6.07) is 10.4. The molecular formula is C26H43N5. The molecule has 5 heteroatoms. The molecule has 0 aromatic heterocycles. The zero-order valence-corrected chi connectivity index (χ0v) is 19.4. The Balaban J connectivity index is 1.94. The standard InChI is InChI=1S/C26H43N5/c1-20(2)26(29)12-15-31(16-13-26)22(4)24(11-8-14-27)19-30-21(3)25(18-28)17-23-9-6-5-7-10-23/h5-7,9-10,24-25,30H,1,3-4,8,11-19,27-29H2,2H3. The number of nitrogens with zero attached hydrogens (tertiary/aromatic N) is 1. The molecule has 1 aliphatic heterocycles. The lowest BCUT2D eigenvalue weighted by Gasteiger charge is -2.43. The molecule has 5 nitrogen and oxygen atoms in total. The highest BCUT2D eigenvalue weighted by Crippen LogP contribution is 2.30. The van der Waals surface area contributed by atoms with E-state index in [0.717, 1.165) is 63.0 Å². The van der Waals surface area contributed by atoms with Crippen LogP contribution in [0.25, 0.3) is 0 Å². The zero-order valence-electron chi connectivity index (χ0n) is 19.4. The van der Waals surface area contributed by atoms with Gasteiger partial charge < -0.3 is 27.4 Å². The Morgan fingerprint density at radius 1 is 1.10 bits per heavy atom. The van der Waals surface area contributed by atoms with Crippen LogP contribution in [-0.2, 0) is 6.42 Å². The number of nitrogens with two attached hydrogens (primary N) is 3. The van der Waals surface area contributed by atoms with Gasteiger partial charge in [-0.1, -0.05) is 55.6 Å². The highest BCUT2D eigenvalue weighted by atomic mass is 15.2. The fourth-order valence-corrected chi connectivity index (χ4v) is 4.27. The summed E-state index contributed by atoms with van der Waals surface area (Å²) in [6.07, 6.45) is 4.70. The number of hydrogen-bond acceptors (Lipinski definition) is 5. The van der Waals surface area contributed by atoms with E-state index in [0.29, 0.717) is 19.0 Å². The van der Waals surface area contributed by atoms with Crippen molar-refractivity contribution in [2.75, 3.05) is 32.7 Å². The molecule has 2 atom stereocenters. The first-order valence-corrected chi connectivity index (χ1v) is 11.6. The van der Waals surface area contributed by atoms with Gasteiger partial charge >= 0.3 is 0 Å². The van der Waals surface area contributed by atoms with Crippen molar-refractivity contribution in [3.05, 3.63) is 72.6 Å². The SMILES string of the molecule is C=C(NCC(CCCN)C(=C)N1CCC(N)(C(=C)C)CC1)C(CN)Cc1ccccc1.